The summed E-state index contributed by atoms with van der Waals surface area (Å²) in [6, 6.07) is 0. The van der Waals surface area contributed by atoms with E-state index < -0.39 is 5.91 Å². The molecule has 1 aromatic rings. The summed E-state index contributed by atoms with van der Waals surface area (Å²) in [5.74, 6) is 0.202. The highest BCUT2D eigenvalue weighted by atomic mass is 16.1. The van der Waals surface area contributed by atoms with Gasteiger partial charge < -0.3 is 5.73 Å². The fraction of sp³-hybridized carbons (Fsp3) is 0.545. The van der Waals surface area contributed by atoms with Crippen LogP contribution in [-0.2, 0) is 6.42 Å². The van der Waals surface area contributed by atoms with Crippen LogP contribution in [0.5, 0.6) is 0 Å². The van der Waals surface area contributed by atoms with E-state index in [1.807, 2.05) is 0 Å². The highest BCUT2D eigenvalue weighted by Gasteiger charge is 2.18. The number of rotatable bonds is 2. The van der Waals surface area contributed by atoms with Crippen LogP contribution in [0.3, 0.4) is 0 Å². The summed E-state index contributed by atoms with van der Waals surface area (Å²) in [5.41, 5.74) is 6.50. The van der Waals surface area contributed by atoms with Crippen LogP contribution in [0.1, 0.15) is 42.6 Å². The first-order valence-corrected chi connectivity index (χ1v) is 4.92. The molecule has 4 nitrogen and oxygen atoms in total. The minimum Gasteiger partial charge on any atom is -0.365 e. The second kappa shape index (κ2) is 3.96. The van der Waals surface area contributed by atoms with Crippen molar-refractivity contribution in [2.75, 3.05) is 0 Å². The average molecular weight is 207 g/mol. The lowest BCUT2D eigenvalue weighted by Gasteiger charge is -2.18. The summed E-state index contributed by atoms with van der Waals surface area (Å²) < 4.78 is 0. The summed E-state index contributed by atoms with van der Waals surface area (Å²) in [5, 5.41) is 0. The van der Waals surface area contributed by atoms with E-state index in [1.165, 1.54) is 6.20 Å². The Bertz CT molecular complexity index is 380. The van der Waals surface area contributed by atoms with Gasteiger partial charge in [0.25, 0.3) is 5.91 Å². The molecule has 0 fully saturated rings. The van der Waals surface area contributed by atoms with Gasteiger partial charge in [0.15, 0.2) is 0 Å². The van der Waals surface area contributed by atoms with Crippen LogP contribution >= 0.6 is 0 Å². The van der Waals surface area contributed by atoms with E-state index in [0.29, 0.717) is 17.8 Å². The molecule has 0 saturated carbocycles. The maximum Gasteiger partial charge on any atom is 0.252 e. The van der Waals surface area contributed by atoms with Gasteiger partial charge in [-0.1, -0.05) is 20.8 Å². The number of aryl methyl sites for hydroxylation is 1. The van der Waals surface area contributed by atoms with Crippen LogP contribution in [0.15, 0.2) is 6.20 Å². The highest BCUT2D eigenvalue weighted by molar-refractivity contribution is 5.93. The van der Waals surface area contributed by atoms with Crippen molar-refractivity contribution in [3.63, 3.8) is 0 Å². The molecule has 0 unspecified atom stereocenters. The number of aromatic nitrogens is 2. The van der Waals surface area contributed by atoms with Crippen molar-refractivity contribution in [3.05, 3.63) is 23.3 Å². The van der Waals surface area contributed by atoms with E-state index >= 15 is 0 Å². The zero-order valence-corrected chi connectivity index (χ0v) is 9.66. The van der Waals surface area contributed by atoms with Crippen molar-refractivity contribution in [1.82, 2.24) is 9.97 Å². The molecule has 0 aliphatic heterocycles. The van der Waals surface area contributed by atoms with Crippen molar-refractivity contribution in [3.8, 4) is 0 Å². The Kier molecular flexibility index (Phi) is 3.07. The fourth-order valence-corrected chi connectivity index (χ4v) is 1.36. The third-order valence-corrected chi connectivity index (χ3v) is 1.95. The molecule has 0 spiro atoms. The molecule has 0 aliphatic rings. The van der Waals surface area contributed by atoms with E-state index in [9.17, 15) is 4.79 Å². The van der Waals surface area contributed by atoms with Crippen LogP contribution in [0.25, 0.3) is 0 Å². The third-order valence-electron chi connectivity index (χ3n) is 1.95. The quantitative estimate of drug-likeness (QED) is 0.798. The SMILES string of the molecule is Cc1ncc(C(N)=O)c(CC(C)(C)C)n1. The molecule has 1 heterocycles. The van der Waals surface area contributed by atoms with Gasteiger partial charge in [0.05, 0.1) is 11.3 Å². The van der Waals surface area contributed by atoms with Gasteiger partial charge in [-0.05, 0) is 18.8 Å². The average Bonchev–Trinajstić information content (AvgIpc) is 1.99. The smallest absolute Gasteiger partial charge is 0.252 e. The molecule has 4 heteroatoms. The zero-order valence-electron chi connectivity index (χ0n) is 9.66. The van der Waals surface area contributed by atoms with Crippen LogP contribution in [0.4, 0.5) is 0 Å². The summed E-state index contributed by atoms with van der Waals surface area (Å²) in [6.07, 6.45) is 2.22. The molecular formula is C11H17N3O. The molecule has 0 radical (unpaired) electrons. The highest BCUT2D eigenvalue weighted by Crippen LogP contribution is 2.21. The minimum absolute atomic E-state index is 0.0744. The van der Waals surface area contributed by atoms with Crippen LogP contribution < -0.4 is 5.73 Å². The number of carbonyl (C=O) groups excluding carboxylic acids is 1. The van der Waals surface area contributed by atoms with Gasteiger partial charge in [-0.25, -0.2) is 9.97 Å². The normalized spacial score (nSPS) is 11.5. The Morgan fingerprint density at radius 2 is 2.07 bits per heavy atom. The van der Waals surface area contributed by atoms with Gasteiger partial charge in [0.1, 0.15) is 5.82 Å². The minimum atomic E-state index is -0.464. The van der Waals surface area contributed by atoms with Crippen LogP contribution in [0.2, 0.25) is 0 Å². The van der Waals surface area contributed by atoms with Crippen molar-refractivity contribution >= 4 is 5.91 Å². The number of primary amides is 1. The lowest BCUT2D eigenvalue weighted by atomic mass is 9.89. The molecular weight excluding hydrogens is 190 g/mol. The molecule has 2 N–H and O–H groups in total. The second-order valence-corrected chi connectivity index (χ2v) is 4.88. The van der Waals surface area contributed by atoms with Gasteiger partial charge in [0, 0.05) is 6.20 Å². The van der Waals surface area contributed by atoms with Crippen molar-refractivity contribution in [2.45, 2.75) is 34.1 Å². The van der Waals surface area contributed by atoms with Gasteiger partial charge >= 0.3 is 0 Å². The third kappa shape index (κ3) is 3.31. The molecule has 0 saturated heterocycles. The monoisotopic (exact) mass is 207 g/mol. The molecule has 0 atom stereocenters. The molecule has 15 heavy (non-hydrogen) atoms. The Morgan fingerprint density at radius 3 is 2.53 bits per heavy atom. The van der Waals surface area contributed by atoms with E-state index in [0.717, 1.165) is 5.69 Å². The second-order valence-electron chi connectivity index (χ2n) is 4.88. The topological polar surface area (TPSA) is 68.9 Å². The van der Waals surface area contributed by atoms with E-state index in [4.69, 9.17) is 5.73 Å². The summed E-state index contributed by atoms with van der Waals surface area (Å²) >= 11 is 0. The first kappa shape index (κ1) is 11.6. The molecule has 0 bridgehead atoms. The van der Waals surface area contributed by atoms with Gasteiger partial charge in [-0.15, -0.1) is 0 Å². The van der Waals surface area contributed by atoms with Gasteiger partial charge in [-0.3, -0.25) is 4.79 Å². The summed E-state index contributed by atoms with van der Waals surface area (Å²) in [4.78, 5) is 19.4. The summed E-state index contributed by atoms with van der Waals surface area (Å²) in [6.45, 7) is 8.08. The predicted molar refractivity (Wildman–Crippen MR) is 58.4 cm³/mol. The largest absolute Gasteiger partial charge is 0.365 e. The van der Waals surface area contributed by atoms with Crippen LogP contribution in [0, 0.1) is 12.3 Å². The van der Waals surface area contributed by atoms with E-state index in [1.54, 1.807) is 6.92 Å². The van der Waals surface area contributed by atoms with Gasteiger partial charge in [0.2, 0.25) is 0 Å². The number of hydrogen-bond donors (Lipinski definition) is 1. The summed E-state index contributed by atoms with van der Waals surface area (Å²) in [7, 11) is 0. The van der Waals surface area contributed by atoms with Crippen molar-refractivity contribution in [2.24, 2.45) is 11.1 Å². The van der Waals surface area contributed by atoms with Crippen LogP contribution in [-0.4, -0.2) is 15.9 Å². The Morgan fingerprint density at radius 1 is 1.47 bits per heavy atom. The number of nitrogens with two attached hydrogens (primary N) is 1. The molecule has 1 rings (SSSR count). The molecule has 0 aliphatic carbocycles. The number of nitrogens with zero attached hydrogens (tertiary/aromatic N) is 2. The Balaban J connectivity index is 3.13. The molecule has 0 aromatic carbocycles. The number of hydrogen-bond acceptors (Lipinski definition) is 3. The zero-order chi connectivity index (χ0) is 11.6. The maximum atomic E-state index is 11.2. The first-order chi connectivity index (χ1) is 6.79. The van der Waals surface area contributed by atoms with Crippen molar-refractivity contribution in [1.29, 1.82) is 0 Å². The van der Waals surface area contributed by atoms with E-state index in [2.05, 4.69) is 30.7 Å². The molecule has 1 amide bonds. The number of carbonyl (C=O) groups is 1. The predicted octanol–water partition coefficient (Wildman–Crippen LogP) is 1.47. The molecule has 1 aromatic heterocycles. The van der Waals surface area contributed by atoms with Crippen molar-refractivity contribution < 1.29 is 4.79 Å². The Labute approximate surface area is 89.9 Å². The maximum absolute atomic E-state index is 11.2. The lowest BCUT2D eigenvalue weighted by molar-refractivity contribution is 0.0998. The molecule has 82 valence electrons. The standard InChI is InChI=1S/C11H17N3O/c1-7-13-6-8(10(12)15)9(14-7)5-11(2,3)4/h6H,5H2,1-4H3,(H2,12,15). The fourth-order valence-electron chi connectivity index (χ4n) is 1.36. The first-order valence-electron chi connectivity index (χ1n) is 4.92. The Hall–Kier alpha value is -1.45. The van der Waals surface area contributed by atoms with E-state index in [-0.39, 0.29) is 5.41 Å². The lowest BCUT2D eigenvalue weighted by Crippen LogP contribution is -2.20. The van der Waals surface area contributed by atoms with Gasteiger partial charge in [-0.2, -0.15) is 0 Å². The number of amides is 1.